The van der Waals surface area contributed by atoms with Gasteiger partial charge in [-0.1, -0.05) is 11.6 Å². The Morgan fingerprint density at radius 2 is 2.12 bits per heavy atom. The fourth-order valence-corrected chi connectivity index (χ4v) is 2.36. The van der Waals surface area contributed by atoms with Crippen molar-refractivity contribution in [3.63, 3.8) is 0 Å². The monoisotopic (exact) mass is 262 g/mol. The lowest BCUT2D eigenvalue weighted by Crippen LogP contribution is -2.24. The van der Waals surface area contributed by atoms with Gasteiger partial charge in [0.2, 0.25) is 0 Å². The molecule has 0 unspecified atom stereocenters. The van der Waals surface area contributed by atoms with Crippen LogP contribution in [0.2, 0.25) is 5.02 Å². The maximum absolute atomic E-state index is 5.98. The third-order valence-electron chi connectivity index (χ3n) is 2.17. The SMILES string of the molecule is COCCNCCCNCc1sccc1Cl. The first-order valence-electron chi connectivity index (χ1n) is 5.47. The van der Waals surface area contributed by atoms with Crippen LogP contribution in [0.25, 0.3) is 0 Å². The van der Waals surface area contributed by atoms with E-state index in [2.05, 4.69) is 10.6 Å². The summed E-state index contributed by atoms with van der Waals surface area (Å²) in [5, 5.41) is 9.57. The summed E-state index contributed by atoms with van der Waals surface area (Å²) in [4.78, 5) is 1.22. The Labute approximate surface area is 106 Å². The second-order valence-electron chi connectivity index (χ2n) is 3.46. The van der Waals surface area contributed by atoms with E-state index in [9.17, 15) is 0 Å². The number of hydrogen-bond acceptors (Lipinski definition) is 4. The Hall–Kier alpha value is -0.130. The molecule has 1 aromatic rings. The van der Waals surface area contributed by atoms with Gasteiger partial charge >= 0.3 is 0 Å². The molecule has 5 heteroatoms. The van der Waals surface area contributed by atoms with Crippen molar-refractivity contribution < 1.29 is 4.74 Å². The third-order valence-corrected chi connectivity index (χ3v) is 3.55. The van der Waals surface area contributed by atoms with E-state index >= 15 is 0 Å². The minimum Gasteiger partial charge on any atom is -0.383 e. The van der Waals surface area contributed by atoms with Gasteiger partial charge in [-0.2, -0.15) is 0 Å². The lowest BCUT2D eigenvalue weighted by atomic mass is 10.4. The van der Waals surface area contributed by atoms with E-state index in [-0.39, 0.29) is 0 Å². The van der Waals surface area contributed by atoms with Gasteiger partial charge < -0.3 is 15.4 Å². The van der Waals surface area contributed by atoms with Crippen LogP contribution in [-0.2, 0) is 11.3 Å². The van der Waals surface area contributed by atoms with E-state index in [0.717, 1.165) is 44.2 Å². The van der Waals surface area contributed by atoms with E-state index in [1.54, 1.807) is 18.4 Å². The molecule has 2 N–H and O–H groups in total. The molecular weight excluding hydrogens is 244 g/mol. The van der Waals surface area contributed by atoms with E-state index in [0.29, 0.717) is 0 Å². The van der Waals surface area contributed by atoms with Gasteiger partial charge in [0.15, 0.2) is 0 Å². The number of methoxy groups -OCH3 is 1. The highest BCUT2D eigenvalue weighted by molar-refractivity contribution is 7.10. The summed E-state index contributed by atoms with van der Waals surface area (Å²) in [7, 11) is 1.72. The molecule has 1 heterocycles. The first kappa shape index (κ1) is 13.9. The van der Waals surface area contributed by atoms with Gasteiger partial charge in [-0.25, -0.2) is 0 Å². The Bertz CT molecular complexity index is 281. The predicted molar refractivity (Wildman–Crippen MR) is 70.4 cm³/mol. The summed E-state index contributed by atoms with van der Waals surface area (Å²) in [6, 6.07) is 1.94. The molecular formula is C11H19ClN2OS. The average molecular weight is 263 g/mol. The molecule has 0 radical (unpaired) electrons. The van der Waals surface area contributed by atoms with Crippen LogP contribution in [0.3, 0.4) is 0 Å². The molecule has 92 valence electrons. The molecule has 0 aliphatic carbocycles. The van der Waals surface area contributed by atoms with Gasteiger partial charge in [-0.3, -0.25) is 0 Å². The zero-order valence-corrected chi connectivity index (χ0v) is 11.2. The summed E-state index contributed by atoms with van der Waals surface area (Å²) in [6.45, 7) is 4.60. The summed E-state index contributed by atoms with van der Waals surface area (Å²) < 4.78 is 4.94. The highest BCUT2D eigenvalue weighted by Gasteiger charge is 1.99. The Morgan fingerprint density at radius 1 is 1.31 bits per heavy atom. The Morgan fingerprint density at radius 3 is 2.81 bits per heavy atom. The molecule has 1 aromatic heterocycles. The number of ether oxygens (including phenoxy) is 1. The summed E-state index contributed by atoms with van der Waals surface area (Å²) in [5.41, 5.74) is 0. The number of thiophene rings is 1. The maximum Gasteiger partial charge on any atom is 0.0587 e. The van der Waals surface area contributed by atoms with Crippen molar-refractivity contribution in [3.05, 3.63) is 21.3 Å². The van der Waals surface area contributed by atoms with Crippen molar-refractivity contribution in [2.24, 2.45) is 0 Å². The lowest BCUT2D eigenvalue weighted by Gasteiger charge is -2.05. The van der Waals surface area contributed by atoms with Crippen LogP contribution in [0.1, 0.15) is 11.3 Å². The maximum atomic E-state index is 5.98. The van der Waals surface area contributed by atoms with E-state index in [1.165, 1.54) is 4.88 Å². The largest absolute Gasteiger partial charge is 0.383 e. The molecule has 1 rings (SSSR count). The van der Waals surface area contributed by atoms with Crippen molar-refractivity contribution >= 4 is 22.9 Å². The molecule has 3 nitrogen and oxygen atoms in total. The van der Waals surface area contributed by atoms with E-state index < -0.39 is 0 Å². The van der Waals surface area contributed by atoms with Crippen molar-refractivity contribution in [2.75, 3.05) is 33.4 Å². The molecule has 0 aliphatic rings. The standard InChI is InChI=1S/C11H19ClN2OS/c1-15-7-6-13-4-2-5-14-9-11-10(12)3-8-16-11/h3,8,13-14H,2,4-7,9H2,1H3. The molecule has 0 aliphatic heterocycles. The van der Waals surface area contributed by atoms with Gasteiger partial charge in [-0.15, -0.1) is 11.3 Å². The topological polar surface area (TPSA) is 33.3 Å². The van der Waals surface area contributed by atoms with Gasteiger partial charge in [-0.05, 0) is 31.0 Å². The zero-order chi connectivity index (χ0) is 11.6. The third kappa shape index (κ3) is 5.82. The van der Waals surface area contributed by atoms with Crippen LogP contribution >= 0.6 is 22.9 Å². The normalized spacial score (nSPS) is 10.9. The highest BCUT2D eigenvalue weighted by Crippen LogP contribution is 2.21. The molecule has 0 bridgehead atoms. The van der Waals surface area contributed by atoms with Crippen LogP contribution < -0.4 is 10.6 Å². The first-order valence-corrected chi connectivity index (χ1v) is 6.72. The molecule has 0 saturated heterocycles. The van der Waals surface area contributed by atoms with Crippen LogP contribution in [0.5, 0.6) is 0 Å². The molecule has 0 spiro atoms. The highest BCUT2D eigenvalue weighted by atomic mass is 35.5. The van der Waals surface area contributed by atoms with Gasteiger partial charge in [0.05, 0.1) is 11.6 Å². The summed E-state index contributed by atoms with van der Waals surface area (Å²) in [6.07, 6.45) is 1.12. The van der Waals surface area contributed by atoms with Crippen LogP contribution in [0.4, 0.5) is 0 Å². The van der Waals surface area contributed by atoms with Crippen LogP contribution in [-0.4, -0.2) is 33.4 Å². The number of hydrogen-bond donors (Lipinski definition) is 2. The van der Waals surface area contributed by atoms with Gasteiger partial charge in [0.25, 0.3) is 0 Å². The smallest absolute Gasteiger partial charge is 0.0587 e. The fourth-order valence-electron chi connectivity index (χ4n) is 1.29. The molecule has 0 fully saturated rings. The van der Waals surface area contributed by atoms with E-state index in [1.807, 2.05) is 11.4 Å². The van der Waals surface area contributed by atoms with Crippen molar-refractivity contribution in [2.45, 2.75) is 13.0 Å². The second kappa shape index (κ2) is 8.96. The minimum absolute atomic E-state index is 0.776. The molecule has 0 saturated carbocycles. The van der Waals surface area contributed by atoms with E-state index in [4.69, 9.17) is 16.3 Å². The summed E-state index contributed by atoms with van der Waals surface area (Å²) in [5.74, 6) is 0. The van der Waals surface area contributed by atoms with Gasteiger partial charge in [0.1, 0.15) is 0 Å². The Kier molecular flexibility index (Phi) is 7.80. The molecule has 16 heavy (non-hydrogen) atoms. The fraction of sp³-hybridized carbons (Fsp3) is 0.636. The number of halogens is 1. The van der Waals surface area contributed by atoms with Crippen molar-refractivity contribution in [3.8, 4) is 0 Å². The Balaban J connectivity index is 1.91. The first-order chi connectivity index (χ1) is 7.84. The zero-order valence-electron chi connectivity index (χ0n) is 9.59. The lowest BCUT2D eigenvalue weighted by molar-refractivity contribution is 0.199. The number of rotatable bonds is 9. The second-order valence-corrected chi connectivity index (χ2v) is 4.87. The molecule has 0 aromatic carbocycles. The molecule has 0 amide bonds. The van der Waals surface area contributed by atoms with Crippen LogP contribution in [0.15, 0.2) is 11.4 Å². The minimum atomic E-state index is 0.776. The molecule has 0 atom stereocenters. The van der Waals surface area contributed by atoms with Gasteiger partial charge in [0, 0.05) is 25.1 Å². The van der Waals surface area contributed by atoms with Crippen LogP contribution in [0, 0.1) is 0 Å². The predicted octanol–water partition coefficient (Wildman–Crippen LogP) is 2.12. The van der Waals surface area contributed by atoms with Crippen molar-refractivity contribution in [1.29, 1.82) is 0 Å². The van der Waals surface area contributed by atoms with Crippen molar-refractivity contribution in [1.82, 2.24) is 10.6 Å². The average Bonchev–Trinajstić information content (AvgIpc) is 2.68. The quantitative estimate of drug-likeness (QED) is 0.669. The number of nitrogens with one attached hydrogen (secondary N) is 2. The summed E-state index contributed by atoms with van der Waals surface area (Å²) >= 11 is 7.68.